The van der Waals surface area contributed by atoms with Crippen molar-refractivity contribution in [2.75, 3.05) is 12.8 Å². The Bertz CT molecular complexity index is 1190. The summed E-state index contributed by atoms with van der Waals surface area (Å²) < 4.78 is 63.2. The summed E-state index contributed by atoms with van der Waals surface area (Å²) in [5, 5.41) is -0.361. The van der Waals surface area contributed by atoms with Gasteiger partial charge >= 0.3 is 12.1 Å². The molecule has 6 nitrogen and oxygen atoms in total. The molecule has 2 aromatic carbocycles. The molecular weight excluding hydrogens is 477 g/mol. The largest absolute Gasteiger partial charge is 0.492 e. The maximum Gasteiger partial charge on any atom is 0.416 e. The monoisotopic (exact) mass is 489 g/mol. The number of esters is 1. The Morgan fingerprint density at radius 1 is 1.16 bits per heavy atom. The average Bonchev–Trinajstić information content (AvgIpc) is 2.74. The summed E-state index contributed by atoms with van der Waals surface area (Å²) in [6, 6.07) is 6.83. The predicted molar refractivity (Wildman–Crippen MR) is 109 cm³/mol. The van der Waals surface area contributed by atoms with E-state index in [0.717, 1.165) is 12.1 Å². The second-order valence-corrected chi connectivity index (χ2v) is 7.10. The van der Waals surface area contributed by atoms with Gasteiger partial charge in [0.1, 0.15) is 17.4 Å². The topological polar surface area (TPSA) is 87.3 Å². The molecule has 12 heteroatoms. The Kier molecular flexibility index (Phi) is 6.75. The highest BCUT2D eigenvalue weighted by Crippen LogP contribution is 2.35. The number of hydrogen-bond donors (Lipinski definition) is 1. The van der Waals surface area contributed by atoms with E-state index in [1.807, 2.05) is 0 Å². The smallest absolute Gasteiger partial charge is 0.416 e. The second kappa shape index (κ2) is 9.17. The van der Waals surface area contributed by atoms with Crippen LogP contribution in [0.1, 0.15) is 21.6 Å². The lowest BCUT2D eigenvalue weighted by atomic mass is 10.1. The van der Waals surface area contributed by atoms with Crippen LogP contribution in [0, 0.1) is 5.82 Å². The minimum atomic E-state index is -4.55. The van der Waals surface area contributed by atoms with E-state index < -0.39 is 35.8 Å². The summed E-state index contributed by atoms with van der Waals surface area (Å²) in [4.78, 5) is 20.3. The molecule has 1 aromatic heterocycles. The van der Waals surface area contributed by atoms with Crippen LogP contribution in [0.4, 0.5) is 23.4 Å². The summed E-state index contributed by atoms with van der Waals surface area (Å²) in [6.07, 6.45) is -4.55. The summed E-state index contributed by atoms with van der Waals surface area (Å²) in [7, 11) is 1.21. The van der Waals surface area contributed by atoms with Crippen LogP contribution in [0.15, 0.2) is 36.4 Å². The van der Waals surface area contributed by atoms with E-state index in [9.17, 15) is 22.4 Å². The van der Waals surface area contributed by atoms with Crippen LogP contribution in [0.3, 0.4) is 0 Å². The summed E-state index contributed by atoms with van der Waals surface area (Å²) in [5.74, 6) is -2.90. The van der Waals surface area contributed by atoms with Crippen molar-refractivity contribution in [3.05, 3.63) is 69.1 Å². The molecule has 0 fully saturated rings. The van der Waals surface area contributed by atoms with Gasteiger partial charge in [0.05, 0.1) is 23.3 Å². The van der Waals surface area contributed by atoms with E-state index in [4.69, 9.17) is 38.4 Å². The Morgan fingerprint density at radius 3 is 2.53 bits per heavy atom. The van der Waals surface area contributed by atoms with E-state index in [2.05, 4.69) is 9.97 Å². The molecule has 3 rings (SSSR count). The number of alkyl halides is 3. The molecule has 0 aliphatic carbocycles. The number of nitrogens with zero attached hydrogens (tertiary/aromatic N) is 2. The standard InChI is InChI=1S/C20H13Cl2F4N3O3/c1-31-16-12(21)6-5-11(14(16)23)18-28-15(13(22)17(27)29-18)19(30)32-8-9-3-2-4-10(7-9)20(24,25)26/h2-7H,8H2,1H3,(H2,27,28,29). The van der Waals surface area contributed by atoms with E-state index in [-0.39, 0.29) is 38.6 Å². The van der Waals surface area contributed by atoms with E-state index in [1.165, 1.54) is 31.4 Å². The zero-order valence-electron chi connectivity index (χ0n) is 16.1. The van der Waals surface area contributed by atoms with Gasteiger partial charge in [0.15, 0.2) is 23.1 Å². The molecule has 0 radical (unpaired) electrons. The van der Waals surface area contributed by atoms with Crippen molar-refractivity contribution in [1.82, 2.24) is 9.97 Å². The Morgan fingerprint density at radius 2 is 1.88 bits per heavy atom. The Labute approximate surface area is 188 Å². The van der Waals surface area contributed by atoms with Crippen LogP contribution in [0.2, 0.25) is 10.0 Å². The fraction of sp³-hybridized carbons (Fsp3) is 0.150. The minimum absolute atomic E-state index is 0.00333. The second-order valence-electron chi connectivity index (χ2n) is 6.31. The van der Waals surface area contributed by atoms with Gasteiger partial charge in [0.2, 0.25) is 0 Å². The molecule has 0 atom stereocenters. The zero-order valence-corrected chi connectivity index (χ0v) is 17.6. The Hall–Kier alpha value is -3.11. The first-order valence-electron chi connectivity index (χ1n) is 8.71. The summed E-state index contributed by atoms with van der Waals surface area (Å²) >= 11 is 11.9. The number of ether oxygens (including phenoxy) is 2. The van der Waals surface area contributed by atoms with Crippen molar-refractivity contribution in [3.8, 4) is 17.1 Å². The number of benzene rings is 2. The Balaban J connectivity index is 1.91. The van der Waals surface area contributed by atoms with Gasteiger partial charge in [-0.1, -0.05) is 35.3 Å². The van der Waals surface area contributed by atoms with Crippen molar-refractivity contribution in [3.63, 3.8) is 0 Å². The third-order valence-corrected chi connectivity index (χ3v) is 4.86. The lowest BCUT2D eigenvalue weighted by Crippen LogP contribution is -2.12. The molecule has 3 aromatic rings. The number of rotatable bonds is 5. The highest BCUT2D eigenvalue weighted by atomic mass is 35.5. The molecule has 0 aliphatic heterocycles. The molecule has 1 heterocycles. The van der Waals surface area contributed by atoms with E-state index >= 15 is 0 Å². The predicted octanol–water partition coefficient (Wildman–Crippen LogP) is 5.56. The number of aromatic nitrogens is 2. The fourth-order valence-corrected chi connectivity index (χ4v) is 3.05. The molecular formula is C20H13Cl2F4N3O3. The first kappa shape index (κ1) is 23.6. The normalized spacial score (nSPS) is 11.3. The fourth-order valence-electron chi connectivity index (χ4n) is 2.67. The van der Waals surface area contributed by atoms with Crippen LogP contribution in [0.5, 0.6) is 5.75 Å². The average molecular weight is 490 g/mol. The van der Waals surface area contributed by atoms with Gasteiger partial charge in [0.25, 0.3) is 0 Å². The zero-order chi connectivity index (χ0) is 23.6. The highest BCUT2D eigenvalue weighted by Gasteiger charge is 2.30. The van der Waals surface area contributed by atoms with Gasteiger partial charge in [-0.25, -0.2) is 19.2 Å². The van der Waals surface area contributed by atoms with E-state index in [1.54, 1.807) is 0 Å². The molecule has 0 aliphatic rings. The van der Waals surface area contributed by atoms with Crippen LogP contribution in [-0.4, -0.2) is 23.0 Å². The third kappa shape index (κ3) is 4.86. The van der Waals surface area contributed by atoms with Crippen LogP contribution >= 0.6 is 23.2 Å². The number of methoxy groups -OCH3 is 1. The van der Waals surface area contributed by atoms with Crippen molar-refractivity contribution < 1.29 is 31.8 Å². The van der Waals surface area contributed by atoms with Gasteiger partial charge in [-0.3, -0.25) is 0 Å². The number of carbonyl (C=O) groups is 1. The molecule has 168 valence electrons. The molecule has 0 amide bonds. The molecule has 0 bridgehead atoms. The summed E-state index contributed by atoms with van der Waals surface area (Å²) in [5.41, 5.74) is 4.24. The number of carbonyl (C=O) groups excluding carboxylic acids is 1. The molecule has 0 saturated carbocycles. The maximum atomic E-state index is 14.7. The molecule has 0 spiro atoms. The molecule has 0 saturated heterocycles. The van der Waals surface area contributed by atoms with Gasteiger partial charge in [-0.2, -0.15) is 13.2 Å². The van der Waals surface area contributed by atoms with Crippen LogP contribution < -0.4 is 10.5 Å². The lowest BCUT2D eigenvalue weighted by Gasteiger charge is -2.12. The highest BCUT2D eigenvalue weighted by molar-refractivity contribution is 6.35. The summed E-state index contributed by atoms with van der Waals surface area (Å²) in [6.45, 7) is -0.499. The van der Waals surface area contributed by atoms with Crippen molar-refractivity contribution in [2.24, 2.45) is 0 Å². The molecule has 32 heavy (non-hydrogen) atoms. The van der Waals surface area contributed by atoms with Crippen molar-refractivity contribution in [2.45, 2.75) is 12.8 Å². The number of nitrogen functional groups attached to an aromatic ring is 1. The first-order valence-corrected chi connectivity index (χ1v) is 9.47. The van der Waals surface area contributed by atoms with Crippen molar-refractivity contribution in [1.29, 1.82) is 0 Å². The SMILES string of the molecule is COc1c(Cl)ccc(-c2nc(N)c(Cl)c(C(=O)OCc3cccc(C(F)(F)F)c3)n2)c1F. The lowest BCUT2D eigenvalue weighted by molar-refractivity contribution is -0.137. The van der Waals surface area contributed by atoms with E-state index in [0.29, 0.717) is 0 Å². The number of hydrogen-bond acceptors (Lipinski definition) is 6. The van der Waals surface area contributed by atoms with Crippen LogP contribution in [-0.2, 0) is 17.5 Å². The van der Waals surface area contributed by atoms with Gasteiger partial charge in [-0.15, -0.1) is 0 Å². The van der Waals surface area contributed by atoms with Gasteiger partial charge in [0, 0.05) is 0 Å². The minimum Gasteiger partial charge on any atom is -0.492 e. The third-order valence-electron chi connectivity index (χ3n) is 4.19. The quantitative estimate of drug-likeness (QED) is 0.373. The van der Waals surface area contributed by atoms with Gasteiger partial charge < -0.3 is 15.2 Å². The number of halogens is 6. The number of anilines is 1. The van der Waals surface area contributed by atoms with Crippen LogP contribution in [0.25, 0.3) is 11.4 Å². The number of nitrogens with two attached hydrogens (primary N) is 1. The van der Waals surface area contributed by atoms with Crippen molar-refractivity contribution >= 4 is 35.0 Å². The maximum absolute atomic E-state index is 14.7. The first-order chi connectivity index (χ1) is 15.0. The van der Waals surface area contributed by atoms with Gasteiger partial charge in [-0.05, 0) is 29.8 Å². The molecule has 0 unspecified atom stereocenters. The molecule has 2 N–H and O–H groups in total.